The Morgan fingerprint density at radius 3 is 1.64 bits per heavy atom. The molecule has 6 heteroatoms. The number of fused-ring (bicyclic) bond motifs is 7. The van der Waals surface area contributed by atoms with Crippen LogP contribution in [0.2, 0.25) is 0 Å². The van der Waals surface area contributed by atoms with Crippen LogP contribution in [0.1, 0.15) is 0 Å². The van der Waals surface area contributed by atoms with Gasteiger partial charge in [-0.2, -0.15) is 0 Å². The molecule has 0 fully saturated rings. The molecule has 1 aliphatic rings. The minimum Gasteiger partial charge on any atom is -0.295 e. The Morgan fingerprint density at radius 1 is 0.415 bits per heavy atom. The van der Waals surface area contributed by atoms with Gasteiger partial charge in [0.15, 0.2) is 17.5 Å². The predicted molar refractivity (Wildman–Crippen MR) is 217 cm³/mol. The van der Waals surface area contributed by atoms with Crippen LogP contribution < -0.4 is 0 Å². The van der Waals surface area contributed by atoms with Crippen LogP contribution in [-0.2, 0) is 0 Å². The minimum absolute atomic E-state index is 0.647. The first-order valence-electron chi connectivity index (χ1n) is 17.7. The molecule has 0 amide bonds. The third-order valence-corrected chi connectivity index (χ3v) is 11.4. The zero-order valence-corrected chi connectivity index (χ0v) is 29.2. The second-order valence-electron chi connectivity index (χ2n) is 13.2. The lowest BCUT2D eigenvalue weighted by atomic mass is 10.0. The Hall–Kier alpha value is -6.76. The fourth-order valence-electron chi connectivity index (χ4n) is 7.80. The van der Waals surface area contributed by atoms with Gasteiger partial charge in [-0.1, -0.05) is 157 Å². The lowest BCUT2D eigenvalue weighted by Gasteiger charge is -2.23. The highest BCUT2D eigenvalue weighted by atomic mass is 32.2. The van der Waals surface area contributed by atoms with E-state index in [1.165, 1.54) is 53.9 Å². The van der Waals surface area contributed by atoms with Crippen molar-refractivity contribution in [2.75, 3.05) is 0 Å². The zero-order chi connectivity index (χ0) is 34.9. The average Bonchev–Trinajstić information content (AvgIpc) is 3.76. The van der Waals surface area contributed by atoms with Gasteiger partial charge in [-0.25, -0.2) is 15.0 Å². The molecule has 0 aliphatic carbocycles. The number of hydrogen-bond donors (Lipinski definition) is 0. The summed E-state index contributed by atoms with van der Waals surface area (Å²) < 4.78 is 4.93. The maximum atomic E-state index is 4.96. The molecule has 5 nitrogen and oxygen atoms in total. The maximum Gasteiger partial charge on any atom is 0.164 e. The first kappa shape index (κ1) is 29.9. The van der Waals surface area contributed by atoms with Gasteiger partial charge in [0.1, 0.15) is 5.65 Å². The summed E-state index contributed by atoms with van der Waals surface area (Å²) in [6.07, 6.45) is 0. The van der Waals surface area contributed by atoms with Gasteiger partial charge < -0.3 is 0 Å². The molecule has 0 atom stereocenters. The fourth-order valence-corrected chi connectivity index (χ4v) is 9.03. The summed E-state index contributed by atoms with van der Waals surface area (Å²) in [7, 11) is 0. The van der Waals surface area contributed by atoms with Gasteiger partial charge >= 0.3 is 0 Å². The number of rotatable bonds is 5. The van der Waals surface area contributed by atoms with Crippen molar-refractivity contribution >= 4 is 44.6 Å². The second kappa shape index (κ2) is 11.9. The Bertz CT molecular complexity index is 2950. The lowest BCUT2D eigenvalue weighted by Crippen LogP contribution is -2.06. The molecule has 0 radical (unpaired) electrons. The molecule has 0 saturated heterocycles. The topological polar surface area (TPSA) is 48.5 Å². The van der Waals surface area contributed by atoms with E-state index in [9.17, 15) is 0 Å². The second-order valence-corrected chi connectivity index (χ2v) is 14.3. The van der Waals surface area contributed by atoms with E-state index < -0.39 is 0 Å². The van der Waals surface area contributed by atoms with E-state index in [-0.39, 0.29) is 0 Å². The van der Waals surface area contributed by atoms with Gasteiger partial charge in [-0.05, 0) is 41.5 Å². The first-order valence-corrected chi connectivity index (χ1v) is 18.5. The van der Waals surface area contributed by atoms with E-state index in [1.54, 1.807) is 0 Å². The predicted octanol–water partition coefficient (Wildman–Crippen LogP) is 12.0. The summed E-state index contributed by atoms with van der Waals surface area (Å²) >= 11 is 1.86. The largest absolute Gasteiger partial charge is 0.295 e. The molecular weight excluding hydrogens is 667 g/mol. The third kappa shape index (κ3) is 4.69. The maximum absolute atomic E-state index is 4.96. The van der Waals surface area contributed by atoms with Crippen molar-refractivity contribution < 1.29 is 0 Å². The number of nitrogens with zero attached hydrogens (tertiary/aromatic N) is 5. The van der Waals surface area contributed by atoms with Gasteiger partial charge in [-0.15, -0.1) is 0 Å². The highest BCUT2D eigenvalue weighted by Gasteiger charge is 2.29. The number of para-hydroxylation sites is 3. The Balaban J connectivity index is 1.08. The van der Waals surface area contributed by atoms with Crippen molar-refractivity contribution in [3.63, 3.8) is 0 Å². The van der Waals surface area contributed by atoms with E-state index in [2.05, 4.69) is 124 Å². The standard InChI is InChI=1S/C47H29N5S/c1-4-14-31(15-5-1)44-48-45(32-16-6-2-7-17-32)50-46(49-44)33-28-26-30(27-29-33)35-21-12-24-39-43(35)53-40-25-13-22-37-41-36-20-10-11-23-38(36)51(34-18-8-3-9-19-34)47(41)52(39)42(37)40/h1-29H. The van der Waals surface area contributed by atoms with Crippen LogP contribution in [0.5, 0.6) is 0 Å². The molecule has 0 N–H and O–H groups in total. The Labute approximate surface area is 309 Å². The van der Waals surface area contributed by atoms with E-state index in [4.69, 9.17) is 15.0 Å². The van der Waals surface area contributed by atoms with Crippen molar-refractivity contribution in [2.24, 2.45) is 0 Å². The van der Waals surface area contributed by atoms with Crippen LogP contribution in [0, 0.1) is 0 Å². The van der Waals surface area contributed by atoms with Crippen LogP contribution in [0.3, 0.4) is 0 Å². The molecule has 1 aliphatic heterocycles. The quantitative estimate of drug-likeness (QED) is 0.180. The van der Waals surface area contributed by atoms with Gasteiger partial charge in [0, 0.05) is 48.3 Å². The highest BCUT2D eigenvalue weighted by molar-refractivity contribution is 8.00. The lowest BCUT2D eigenvalue weighted by molar-refractivity contribution is 1.03. The van der Waals surface area contributed by atoms with Crippen LogP contribution in [0.15, 0.2) is 186 Å². The average molecular weight is 696 g/mol. The SMILES string of the molecule is c1ccc(-c2nc(-c3ccccc3)nc(-c3ccc(-c4cccc5c4Sc4cccc6c7c8ccccc8n(-c8ccccc8)c7n-5c46)cc3)n2)cc1. The smallest absolute Gasteiger partial charge is 0.164 e. The molecule has 248 valence electrons. The van der Waals surface area contributed by atoms with E-state index in [0.717, 1.165) is 27.9 Å². The Morgan fingerprint density at radius 2 is 0.962 bits per heavy atom. The summed E-state index contributed by atoms with van der Waals surface area (Å²) in [5, 5.41) is 3.82. The fraction of sp³-hybridized carbons (Fsp3) is 0. The molecule has 3 aromatic heterocycles. The van der Waals surface area contributed by atoms with Crippen LogP contribution in [0.25, 0.3) is 89.5 Å². The molecule has 7 aromatic carbocycles. The third-order valence-electron chi connectivity index (χ3n) is 10.2. The molecule has 11 rings (SSSR count). The van der Waals surface area contributed by atoms with Crippen LogP contribution >= 0.6 is 11.8 Å². The van der Waals surface area contributed by atoms with Crippen molar-refractivity contribution in [3.05, 3.63) is 176 Å². The van der Waals surface area contributed by atoms with Gasteiger partial charge in [0.25, 0.3) is 0 Å². The molecule has 4 heterocycles. The summed E-state index contributed by atoms with van der Waals surface area (Å²) in [6, 6.07) is 61.8. The Kier molecular flexibility index (Phi) is 6.72. The molecule has 0 spiro atoms. The molecule has 0 unspecified atom stereocenters. The van der Waals surface area contributed by atoms with Crippen LogP contribution in [-0.4, -0.2) is 24.1 Å². The van der Waals surface area contributed by atoms with Gasteiger partial charge in [0.2, 0.25) is 0 Å². The van der Waals surface area contributed by atoms with E-state index in [1.807, 2.05) is 72.4 Å². The van der Waals surface area contributed by atoms with Crippen LogP contribution in [0.4, 0.5) is 0 Å². The monoisotopic (exact) mass is 695 g/mol. The van der Waals surface area contributed by atoms with E-state index >= 15 is 0 Å². The molecule has 10 aromatic rings. The van der Waals surface area contributed by atoms with Gasteiger partial charge in [0.05, 0.1) is 16.7 Å². The number of hydrogen-bond acceptors (Lipinski definition) is 4. The zero-order valence-electron chi connectivity index (χ0n) is 28.4. The minimum atomic E-state index is 0.647. The summed E-state index contributed by atoms with van der Waals surface area (Å²) in [5.41, 5.74) is 11.2. The summed E-state index contributed by atoms with van der Waals surface area (Å²) in [6.45, 7) is 0. The molecular formula is C47H29N5S. The van der Waals surface area contributed by atoms with Crippen molar-refractivity contribution in [1.29, 1.82) is 0 Å². The highest BCUT2D eigenvalue weighted by Crippen LogP contribution is 2.51. The first-order chi connectivity index (χ1) is 26.3. The van der Waals surface area contributed by atoms with Crippen molar-refractivity contribution in [3.8, 4) is 56.7 Å². The van der Waals surface area contributed by atoms with Crippen molar-refractivity contribution in [2.45, 2.75) is 9.79 Å². The summed E-state index contributed by atoms with van der Waals surface area (Å²) in [5.74, 6) is 1.96. The molecule has 53 heavy (non-hydrogen) atoms. The summed E-state index contributed by atoms with van der Waals surface area (Å²) in [4.78, 5) is 17.3. The number of benzene rings is 7. The van der Waals surface area contributed by atoms with E-state index in [0.29, 0.717) is 17.5 Å². The normalized spacial score (nSPS) is 12.1. The molecule has 0 saturated carbocycles. The number of aromatic nitrogens is 5. The van der Waals surface area contributed by atoms with Crippen molar-refractivity contribution in [1.82, 2.24) is 24.1 Å². The molecule has 0 bridgehead atoms. The van der Waals surface area contributed by atoms with Gasteiger partial charge in [-0.3, -0.25) is 9.13 Å².